The van der Waals surface area contributed by atoms with Crippen LogP contribution in [0.2, 0.25) is 0 Å². The van der Waals surface area contributed by atoms with Crippen molar-refractivity contribution < 1.29 is 0 Å². The van der Waals surface area contributed by atoms with Gasteiger partial charge in [-0.2, -0.15) is 5.26 Å². The molecule has 0 spiro atoms. The van der Waals surface area contributed by atoms with Gasteiger partial charge in [-0.1, -0.05) is 36.4 Å². The molecule has 0 unspecified atom stereocenters. The Morgan fingerprint density at radius 1 is 0.950 bits per heavy atom. The van der Waals surface area contributed by atoms with Gasteiger partial charge in [0.1, 0.15) is 6.07 Å². The van der Waals surface area contributed by atoms with E-state index in [1.165, 1.54) is 0 Å². The average molecular weight is 263 g/mol. The average Bonchev–Trinajstić information content (AvgIpc) is 2.43. The second-order valence-corrected chi connectivity index (χ2v) is 4.79. The van der Waals surface area contributed by atoms with Gasteiger partial charge in [-0.05, 0) is 36.2 Å². The van der Waals surface area contributed by atoms with E-state index in [1.54, 1.807) is 13.8 Å². The molecular weight excluding hydrogens is 246 g/mol. The highest BCUT2D eigenvalue weighted by molar-refractivity contribution is 5.91. The van der Waals surface area contributed by atoms with Crippen molar-refractivity contribution in [3.05, 3.63) is 65.0 Å². The highest BCUT2D eigenvalue weighted by Gasteiger charge is 2.13. The fourth-order valence-electron chi connectivity index (χ4n) is 2.26. The maximum absolute atomic E-state index is 9.31. The Balaban J connectivity index is 2.69. The third kappa shape index (κ3) is 2.50. The molecule has 0 heterocycles. The lowest BCUT2D eigenvalue weighted by Gasteiger charge is -2.11. The van der Waals surface area contributed by atoms with Gasteiger partial charge in [0, 0.05) is 17.0 Å². The smallest absolute Gasteiger partial charge is 0.102 e. The first-order valence-electron chi connectivity index (χ1n) is 6.37. The van der Waals surface area contributed by atoms with Crippen LogP contribution >= 0.6 is 0 Å². The Morgan fingerprint density at radius 2 is 1.60 bits per heavy atom. The molecule has 3 heteroatoms. The number of nitriles is 1. The van der Waals surface area contributed by atoms with Gasteiger partial charge in [0.15, 0.2) is 0 Å². The van der Waals surface area contributed by atoms with Crippen LogP contribution in [0, 0.1) is 11.3 Å². The molecule has 4 N–H and O–H groups in total. The molecule has 0 radical (unpaired) electrons. The zero-order chi connectivity index (χ0) is 14.7. The molecule has 0 aliphatic carbocycles. The summed E-state index contributed by atoms with van der Waals surface area (Å²) in [5.74, 6) is 0. The number of allylic oxidation sites excluding steroid dienone is 4. The molecule has 3 nitrogen and oxygen atoms in total. The molecule has 0 aromatic heterocycles. The fourth-order valence-corrected chi connectivity index (χ4v) is 2.26. The van der Waals surface area contributed by atoms with E-state index in [0.29, 0.717) is 22.5 Å². The van der Waals surface area contributed by atoms with Crippen molar-refractivity contribution >= 4 is 16.3 Å². The molecule has 0 atom stereocenters. The van der Waals surface area contributed by atoms with Crippen LogP contribution in [0.5, 0.6) is 0 Å². The Kier molecular flexibility index (Phi) is 3.76. The van der Waals surface area contributed by atoms with Crippen LogP contribution in [0.1, 0.15) is 19.4 Å². The third-order valence-corrected chi connectivity index (χ3v) is 3.19. The van der Waals surface area contributed by atoms with E-state index in [9.17, 15) is 5.26 Å². The normalized spacial score (nSPS) is 13.4. The van der Waals surface area contributed by atoms with E-state index in [1.807, 2.05) is 42.5 Å². The number of fused-ring (bicyclic) bond motifs is 1. The van der Waals surface area contributed by atoms with Crippen LogP contribution in [-0.4, -0.2) is 0 Å². The molecular formula is C17H17N3. The Morgan fingerprint density at radius 3 is 2.15 bits per heavy atom. The monoisotopic (exact) mass is 263 g/mol. The number of hydrogen-bond donors (Lipinski definition) is 2. The van der Waals surface area contributed by atoms with Gasteiger partial charge in [0.05, 0.1) is 5.57 Å². The van der Waals surface area contributed by atoms with E-state index in [2.05, 4.69) is 6.07 Å². The van der Waals surface area contributed by atoms with Crippen molar-refractivity contribution in [3.8, 4) is 6.07 Å². The SMILES string of the molecule is C/C(N)=C(C#N)\C(=C(/C)N)c1ccc2ccccc2c1. The van der Waals surface area contributed by atoms with Crippen LogP contribution in [0.25, 0.3) is 16.3 Å². The van der Waals surface area contributed by atoms with Crippen molar-refractivity contribution in [2.45, 2.75) is 13.8 Å². The molecule has 2 aromatic carbocycles. The lowest BCUT2D eigenvalue weighted by Crippen LogP contribution is -2.05. The molecule has 0 aliphatic heterocycles. The molecule has 0 fully saturated rings. The van der Waals surface area contributed by atoms with Gasteiger partial charge < -0.3 is 11.5 Å². The summed E-state index contributed by atoms with van der Waals surface area (Å²) in [6.45, 7) is 3.49. The first-order chi connectivity index (χ1) is 9.54. The van der Waals surface area contributed by atoms with E-state index < -0.39 is 0 Å². The lowest BCUT2D eigenvalue weighted by atomic mass is 9.94. The molecule has 100 valence electrons. The highest BCUT2D eigenvalue weighted by atomic mass is 14.6. The fraction of sp³-hybridized carbons (Fsp3) is 0.118. The summed E-state index contributed by atoms with van der Waals surface area (Å²) in [5.41, 5.74) is 14.9. The zero-order valence-corrected chi connectivity index (χ0v) is 11.6. The maximum atomic E-state index is 9.31. The Hall–Kier alpha value is -2.73. The van der Waals surface area contributed by atoms with Gasteiger partial charge in [0.25, 0.3) is 0 Å². The molecule has 0 bridgehead atoms. The summed E-state index contributed by atoms with van der Waals surface area (Å²) < 4.78 is 0. The molecule has 20 heavy (non-hydrogen) atoms. The van der Waals surface area contributed by atoms with Crippen molar-refractivity contribution in [2.75, 3.05) is 0 Å². The number of nitrogens with zero attached hydrogens (tertiary/aromatic N) is 1. The van der Waals surface area contributed by atoms with Crippen molar-refractivity contribution in [1.82, 2.24) is 0 Å². The van der Waals surface area contributed by atoms with Gasteiger partial charge in [0.2, 0.25) is 0 Å². The molecule has 0 aliphatic rings. The zero-order valence-electron chi connectivity index (χ0n) is 11.6. The molecule has 2 aromatic rings. The second-order valence-electron chi connectivity index (χ2n) is 4.79. The minimum atomic E-state index is 0.431. The van der Waals surface area contributed by atoms with Crippen molar-refractivity contribution in [3.63, 3.8) is 0 Å². The van der Waals surface area contributed by atoms with Crippen LogP contribution in [0.15, 0.2) is 59.4 Å². The summed E-state index contributed by atoms with van der Waals surface area (Å²) in [6.07, 6.45) is 0. The first-order valence-corrected chi connectivity index (χ1v) is 6.37. The predicted octanol–water partition coefficient (Wildman–Crippen LogP) is 3.29. The topological polar surface area (TPSA) is 75.8 Å². The lowest BCUT2D eigenvalue weighted by molar-refractivity contribution is 1.25. The summed E-state index contributed by atoms with van der Waals surface area (Å²) in [5, 5.41) is 11.6. The van der Waals surface area contributed by atoms with Crippen LogP contribution in [0.3, 0.4) is 0 Å². The van der Waals surface area contributed by atoms with Gasteiger partial charge in [-0.15, -0.1) is 0 Å². The first kappa shape index (κ1) is 13.7. The molecule has 0 saturated heterocycles. The number of nitrogens with two attached hydrogens (primary N) is 2. The highest BCUT2D eigenvalue weighted by Crippen LogP contribution is 2.28. The minimum Gasteiger partial charge on any atom is -0.402 e. The molecule has 2 rings (SSSR count). The summed E-state index contributed by atoms with van der Waals surface area (Å²) in [6, 6.07) is 16.2. The van der Waals surface area contributed by atoms with E-state index in [4.69, 9.17) is 11.5 Å². The Bertz CT molecular complexity index is 753. The standard InChI is InChI=1S/C17H17N3/c1-11(19)16(10-18)17(12(2)20)15-8-7-13-5-3-4-6-14(13)9-15/h3-9H,19-20H2,1-2H3/b16-11+,17-12+. The summed E-state index contributed by atoms with van der Waals surface area (Å²) in [4.78, 5) is 0. The number of benzene rings is 2. The quantitative estimate of drug-likeness (QED) is 0.645. The van der Waals surface area contributed by atoms with E-state index in [-0.39, 0.29) is 0 Å². The summed E-state index contributed by atoms with van der Waals surface area (Å²) >= 11 is 0. The van der Waals surface area contributed by atoms with Crippen molar-refractivity contribution in [2.24, 2.45) is 11.5 Å². The number of rotatable bonds is 2. The Labute approximate surface area is 118 Å². The molecule has 0 amide bonds. The largest absolute Gasteiger partial charge is 0.402 e. The van der Waals surface area contributed by atoms with Crippen molar-refractivity contribution in [1.29, 1.82) is 5.26 Å². The van der Waals surface area contributed by atoms with Crippen LogP contribution < -0.4 is 11.5 Å². The second kappa shape index (κ2) is 5.50. The van der Waals surface area contributed by atoms with Crippen LogP contribution in [-0.2, 0) is 0 Å². The molecule has 0 saturated carbocycles. The van der Waals surface area contributed by atoms with Gasteiger partial charge >= 0.3 is 0 Å². The summed E-state index contributed by atoms with van der Waals surface area (Å²) in [7, 11) is 0. The number of hydrogen-bond acceptors (Lipinski definition) is 3. The minimum absolute atomic E-state index is 0.431. The van der Waals surface area contributed by atoms with Gasteiger partial charge in [-0.25, -0.2) is 0 Å². The van der Waals surface area contributed by atoms with Crippen LogP contribution in [0.4, 0.5) is 0 Å². The van der Waals surface area contributed by atoms with E-state index >= 15 is 0 Å². The van der Waals surface area contributed by atoms with E-state index in [0.717, 1.165) is 16.3 Å². The maximum Gasteiger partial charge on any atom is 0.102 e. The predicted molar refractivity (Wildman–Crippen MR) is 83.2 cm³/mol. The third-order valence-electron chi connectivity index (χ3n) is 3.19. The van der Waals surface area contributed by atoms with Gasteiger partial charge in [-0.3, -0.25) is 0 Å².